The third-order valence-electron chi connectivity index (χ3n) is 5.43. The van der Waals surface area contributed by atoms with Crippen LogP contribution >= 0.6 is 0 Å². The number of Topliss-reactive ketones (excluding diaryl/α,β-unsaturated/α-hetero) is 1. The molecule has 146 valence electrons. The monoisotopic (exact) mass is 369 g/mol. The van der Waals surface area contributed by atoms with Crippen LogP contribution in [0.5, 0.6) is 0 Å². The van der Waals surface area contributed by atoms with Gasteiger partial charge in [0, 0.05) is 17.5 Å². The standard InChI is InChI=1S/C23H31NO3/c1-16-8-7-13-22(2,3)19(16)12-11-17-9-6-10-18(14-17)20(25)23(4,5)15-24-21(26)27/h6,9-12,14,24H,7-8,13,15H2,1-5H3,(H,26,27). The minimum Gasteiger partial charge on any atom is -0.465 e. The number of amides is 1. The number of ketones is 1. The number of allylic oxidation sites excluding steroid dienone is 3. The van der Waals surface area contributed by atoms with Gasteiger partial charge in [-0.1, -0.05) is 63.6 Å². The van der Waals surface area contributed by atoms with E-state index in [0.717, 1.165) is 12.0 Å². The van der Waals surface area contributed by atoms with Gasteiger partial charge in [-0.3, -0.25) is 4.79 Å². The molecule has 1 aromatic carbocycles. The van der Waals surface area contributed by atoms with Crippen LogP contribution in [0, 0.1) is 10.8 Å². The van der Waals surface area contributed by atoms with E-state index in [1.54, 1.807) is 19.9 Å². The molecule has 1 amide bonds. The number of hydrogen-bond acceptors (Lipinski definition) is 2. The molecule has 0 atom stereocenters. The van der Waals surface area contributed by atoms with E-state index >= 15 is 0 Å². The van der Waals surface area contributed by atoms with E-state index in [1.165, 1.54) is 24.0 Å². The molecule has 1 aliphatic rings. The Hall–Kier alpha value is -2.36. The Labute approximate surface area is 162 Å². The van der Waals surface area contributed by atoms with Gasteiger partial charge in [0.1, 0.15) is 0 Å². The lowest BCUT2D eigenvalue weighted by Crippen LogP contribution is -2.38. The Morgan fingerprint density at radius 2 is 1.96 bits per heavy atom. The highest BCUT2D eigenvalue weighted by atomic mass is 16.4. The van der Waals surface area contributed by atoms with E-state index in [0.29, 0.717) is 5.56 Å². The van der Waals surface area contributed by atoms with Crippen molar-refractivity contribution in [3.8, 4) is 0 Å². The van der Waals surface area contributed by atoms with Crippen molar-refractivity contribution in [1.82, 2.24) is 5.32 Å². The number of rotatable bonds is 6. The lowest BCUT2D eigenvalue weighted by atomic mass is 9.72. The first-order chi connectivity index (χ1) is 12.5. The minimum atomic E-state index is -1.12. The molecule has 1 aromatic rings. The lowest BCUT2D eigenvalue weighted by molar-refractivity contribution is 0.0837. The Balaban J connectivity index is 2.22. The van der Waals surface area contributed by atoms with Crippen LogP contribution in [0.15, 0.2) is 41.5 Å². The van der Waals surface area contributed by atoms with Crippen LogP contribution in [0.2, 0.25) is 0 Å². The van der Waals surface area contributed by atoms with Crippen molar-refractivity contribution in [3.63, 3.8) is 0 Å². The molecule has 4 heteroatoms. The zero-order valence-electron chi connectivity index (χ0n) is 17.1. The normalized spacial score (nSPS) is 17.2. The second-order valence-corrected chi connectivity index (χ2v) is 8.76. The van der Waals surface area contributed by atoms with Crippen molar-refractivity contribution in [3.05, 3.63) is 52.6 Å². The highest BCUT2D eigenvalue weighted by Gasteiger charge is 2.29. The molecule has 0 fully saturated rings. The Morgan fingerprint density at radius 3 is 2.59 bits per heavy atom. The van der Waals surface area contributed by atoms with Gasteiger partial charge in [0.2, 0.25) is 0 Å². The van der Waals surface area contributed by atoms with Gasteiger partial charge in [-0.2, -0.15) is 0 Å². The summed E-state index contributed by atoms with van der Waals surface area (Å²) in [5, 5.41) is 11.1. The van der Waals surface area contributed by atoms with Crippen molar-refractivity contribution in [2.24, 2.45) is 10.8 Å². The topological polar surface area (TPSA) is 66.4 Å². The summed E-state index contributed by atoms with van der Waals surface area (Å²) in [6, 6.07) is 7.53. The van der Waals surface area contributed by atoms with Gasteiger partial charge < -0.3 is 10.4 Å². The lowest BCUT2D eigenvalue weighted by Gasteiger charge is -2.32. The van der Waals surface area contributed by atoms with E-state index in [1.807, 2.05) is 18.2 Å². The zero-order valence-corrected chi connectivity index (χ0v) is 17.1. The summed E-state index contributed by atoms with van der Waals surface area (Å²) in [6.45, 7) is 10.4. The number of hydrogen-bond donors (Lipinski definition) is 2. The molecule has 27 heavy (non-hydrogen) atoms. The number of carboxylic acid groups (broad SMARTS) is 1. The van der Waals surface area contributed by atoms with Crippen molar-refractivity contribution in [2.45, 2.75) is 53.9 Å². The summed E-state index contributed by atoms with van der Waals surface area (Å²) in [4.78, 5) is 23.6. The highest BCUT2D eigenvalue weighted by Crippen LogP contribution is 2.41. The van der Waals surface area contributed by atoms with Crippen LogP contribution in [0.4, 0.5) is 4.79 Å². The van der Waals surface area contributed by atoms with E-state index in [2.05, 4.69) is 38.2 Å². The Kier molecular flexibility index (Phi) is 6.30. The second-order valence-electron chi connectivity index (χ2n) is 8.76. The van der Waals surface area contributed by atoms with Gasteiger partial charge in [-0.25, -0.2) is 4.79 Å². The molecular formula is C23H31NO3. The molecule has 0 aliphatic heterocycles. The zero-order chi connectivity index (χ0) is 20.2. The van der Waals surface area contributed by atoms with Gasteiger partial charge >= 0.3 is 6.09 Å². The van der Waals surface area contributed by atoms with Crippen molar-refractivity contribution >= 4 is 18.0 Å². The van der Waals surface area contributed by atoms with Crippen LogP contribution in [-0.2, 0) is 0 Å². The molecule has 0 radical (unpaired) electrons. The molecule has 2 N–H and O–H groups in total. The highest BCUT2D eigenvalue weighted by molar-refractivity contribution is 6.00. The molecule has 0 aromatic heterocycles. The summed E-state index contributed by atoms with van der Waals surface area (Å²) in [6.07, 6.45) is 6.71. The van der Waals surface area contributed by atoms with Gasteiger partial charge in [0.25, 0.3) is 0 Å². The van der Waals surface area contributed by atoms with Gasteiger partial charge in [-0.05, 0) is 48.8 Å². The molecule has 0 saturated heterocycles. The number of nitrogens with one attached hydrogen (secondary N) is 1. The summed E-state index contributed by atoms with van der Waals surface area (Å²) in [5.74, 6) is -0.0695. The summed E-state index contributed by atoms with van der Waals surface area (Å²) in [7, 11) is 0. The third kappa shape index (κ3) is 5.31. The van der Waals surface area contributed by atoms with E-state index in [9.17, 15) is 9.59 Å². The van der Waals surface area contributed by atoms with Crippen molar-refractivity contribution in [2.75, 3.05) is 6.54 Å². The average Bonchev–Trinajstić information content (AvgIpc) is 2.58. The van der Waals surface area contributed by atoms with Crippen LogP contribution in [0.3, 0.4) is 0 Å². The smallest absolute Gasteiger partial charge is 0.404 e. The summed E-state index contributed by atoms with van der Waals surface area (Å²) >= 11 is 0. The maximum absolute atomic E-state index is 12.8. The first-order valence-electron chi connectivity index (χ1n) is 9.53. The maximum atomic E-state index is 12.8. The molecule has 0 heterocycles. The van der Waals surface area contributed by atoms with Crippen LogP contribution in [-0.4, -0.2) is 23.5 Å². The van der Waals surface area contributed by atoms with E-state index in [-0.39, 0.29) is 17.7 Å². The fourth-order valence-electron chi connectivity index (χ4n) is 3.74. The summed E-state index contributed by atoms with van der Waals surface area (Å²) in [5.41, 5.74) is 3.78. The average molecular weight is 370 g/mol. The largest absolute Gasteiger partial charge is 0.465 e. The van der Waals surface area contributed by atoms with Crippen LogP contribution < -0.4 is 5.32 Å². The SMILES string of the molecule is CC1=C(C=Cc2cccc(C(=O)C(C)(C)CNC(=O)O)c2)C(C)(C)CCC1. The molecule has 1 aliphatic carbocycles. The maximum Gasteiger partial charge on any atom is 0.404 e. The third-order valence-corrected chi connectivity index (χ3v) is 5.43. The molecule has 2 rings (SSSR count). The van der Waals surface area contributed by atoms with Crippen molar-refractivity contribution in [1.29, 1.82) is 0 Å². The predicted octanol–water partition coefficient (Wildman–Crippen LogP) is 5.70. The van der Waals surface area contributed by atoms with Crippen LogP contribution in [0.1, 0.15) is 69.8 Å². The van der Waals surface area contributed by atoms with Gasteiger partial charge in [0.05, 0.1) is 0 Å². The molecule has 0 spiro atoms. The van der Waals surface area contributed by atoms with Gasteiger partial charge in [-0.15, -0.1) is 0 Å². The molecule has 4 nitrogen and oxygen atoms in total. The number of carbonyl (C=O) groups is 2. The molecule has 0 unspecified atom stereocenters. The Morgan fingerprint density at radius 1 is 1.26 bits per heavy atom. The summed E-state index contributed by atoms with van der Waals surface area (Å²) < 4.78 is 0. The van der Waals surface area contributed by atoms with E-state index < -0.39 is 11.5 Å². The minimum absolute atomic E-state index is 0.0695. The number of carbonyl (C=O) groups excluding carboxylic acids is 1. The quantitative estimate of drug-likeness (QED) is 0.632. The first kappa shape index (κ1) is 20.9. The first-order valence-corrected chi connectivity index (χ1v) is 9.53. The van der Waals surface area contributed by atoms with Crippen LogP contribution in [0.25, 0.3) is 6.08 Å². The van der Waals surface area contributed by atoms with E-state index in [4.69, 9.17) is 5.11 Å². The molecular weight excluding hydrogens is 338 g/mol. The predicted molar refractivity (Wildman–Crippen MR) is 110 cm³/mol. The second kappa shape index (κ2) is 8.12. The van der Waals surface area contributed by atoms with Gasteiger partial charge in [0.15, 0.2) is 5.78 Å². The fourth-order valence-corrected chi connectivity index (χ4v) is 3.74. The molecule has 0 bridgehead atoms. The Bertz CT molecular complexity index is 785. The van der Waals surface area contributed by atoms with Crippen molar-refractivity contribution < 1.29 is 14.7 Å². The number of benzene rings is 1. The fraction of sp³-hybridized carbons (Fsp3) is 0.478. The molecule has 0 saturated carbocycles.